The third kappa shape index (κ3) is 3.48. The molecule has 2 saturated heterocycles. The van der Waals surface area contributed by atoms with Gasteiger partial charge in [0, 0.05) is 36.1 Å². The molecule has 0 aliphatic carbocycles. The quantitative estimate of drug-likeness (QED) is 0.419. The lowest BCUT2D eigenvalue weighted by atomic mass is 9.95. The molecular formula is C27H23F2N5O2. The van der Waals surface area contributed by atoms with Crippen LogP contribution < -0.4 is 15.0 Å². The summed E-state index contributed by atoms with van der Waals surface area (Å²) in [5.41, 5.74) is 0.00747. The largest absolute Gasteiger partial charge is 0.508 e. The van der Waals surface area contributed by atoms with E-state index in [9.17, 15) is 9.50 Å². The molecule has 2 fully saturated rings. The van der Waals surface area contributed by atoms with E-state index < -0.39 is 11.6 Å². The lowest BCUT2D eigenvalue weighted by molar-refractivity contribution is 0.331. The fourth-order valence-corrected chi connectivity index (χ4v) is 5.44. The van der Waals surface area contributed by atoms with Crippen LogP contribution in [0.1, 0.15) is 25.3 Å². The van der Waals surface area contributed by atoms with E-state index in [2.05, 4.69) is 31.1 Å². The highest BCUT2D eigenvalue weighted by atomic mass is 19.1. The Labute approximate surface area is 206 Å². The first kappa shape index (κ1) is 22.4. The number of pyridine rings is 1. The van der Waals surface area contributed by atoms with Crippen LogP contribution in [0.3, 0.4) is 0 Å². The van der Waals surface area contributed by atoms with Crippen molar-refractivity contribution in [2.45, 2.75) is 31.8 Å². The molecule has 0 radical (unpaired) electrons. The van der Waals surface area contributed by atoms with Gasteiger partial charge in [-0.3, -0.25) is 0 Å². The number of terminal acetylenes is 1. The lowest BCUT2D eigenvalue weighted by Crippen LogP contribution is -2.51. The molecule has 2 aliphatic rings. The summed E-state index contributed by atoms with van der Waals surface area (Å²) in [6.45, 7) is 3.55. The number of hydrogen-bond donors (Lipinski definition) is 2. The van der Waals surface area contributed by atoms with Crippen molar-refractivity contribution in [2.24, 2.45) is 0 Å². The molecular weight excluding hydrogens is 464 g/mol. The Balaban J connectivity index is 1.63. The van der Waals surface area contributed by atoms with Gasteiger partial charge in [-0.05, 0) is 43.4 Å². The SMILES string of the molecule is C#Cc1c(F)ccc2cc(O)cc(-c3nc(OCC)c4c(N5CC6CCC(C5)N6)ncnc4c3F)c12. The number of aromatic nitrogens is 3. The number of fused-ring (bicyclic) bond motifs is 4. The lowest BCUT2D eigenvalue weighted by Gasteiger charge is -2.34. The Morgan fingerprint density at radius 3 is 2.67 bits per heavy atom. The van der Waals surface area contributed by atoms with Crippen LogP contribution in [0.5, 0.6) is 11.6 Å². The number of ether oxygens (including phenoxy) is 1. The molecule has 4 heterocycles. The van der Waals surface area contributed by atoms with E-state index in [4.69, 9.17) is 11.2 Å². The van der Waals surface area contributed by atoms with Crippen LogP contribution >= 0.6 is 0 Å². The van der Waals surface area contributed by atoms with Gasteiger partial charge in [-0.15, -0.1) is 6.42 Å². The molecule has 2 aliphatic heterocycles. The minimum Gasteiger partial charge on any atom is -0.508 e. The summed E-state index contributed by atoms with van der Waals surface area (Å²) in [5, 5.41) is 15.1. The zero-order valence-corrected chi connectivity index (χ0v) is 19.6. The molecule has 2 bridgehead atoms. The van der Waals surface area contributed by atoms with Gasteiger partial charge in [0.15, 0.2) is 5.82 Å². The second kappa shape index (κ2) is 8.57. The molecule has 0 amide bonds. The fraction of sp³-hybridized carbons (Fsp3) is 0.296. The first-order valence-corrected chi connectivity index (χ1v) is 11.9. The minimum absolute atomic E-state index is 0.0366. The van der Waals surface area contributed by atoms with Crippen molar-refractivity contribution in [1.82, 2.24) is 20.3 Å². The van der Waals surface area contributed by atoms with Crippen LogP contribution in [-0.4, -0.2) is 51.8 Å². The molecule has 4 aromatic rings. The van der Waals surface area contributed by atoms with Crippen LogP contribution in [0, 0.1) is 24.0 Å². The number of nitrogens with zero attached hydrogens (tertiary/aromatic N) is 4. The molecule has 182 valence electrons. The Morgan fingerprint density at radius 1 is 1.17 bits per heavy atom. The zero-order valence-electron chi connectivity index (χ0n) is 19.6. The molecule has 6 rings (SSSR count). The standard InChI is InChI=1S/C27H23F2N5O2/c1-3-18-20(28)8-5-14-9-17(35)10-19(21(14)18)24-23(29)25-22(27(33-24)36-4-2)26(31-13-30-25)34-11-15-6-7-16(12-34)32-15/h1,5,8-10,13,15-16,32,35H,4,6-7,11-12H2,2H3. The summed E-state index contributed by atoms with van der Waals surface area (Å²) in [5.74, 6) is 1.60. The fourth-order valence-electron chi connectivity index (χ4n) is 5.44. The van der Waals surface area contributed by atoms with Crippen LogP contribution in [0.25, 0.3) is 32.9 Å². The molecule has 2 aromatic carbocycles. The van der Waals surface area contributed by atoms with E-state index in [1.807, 2.05) is 0 Å². The number of rotatable bonds is 4. The van der Waals surface area contributed by atoms with Crippen molar-refractivity contribution >= 4 is 27.5 Å². The second-order valence-corrected chi connectivity index (χ2v) is 9.13. The topological polar surface area (TPSA) is 83.4 Å². The van der Waals surface area contributed by atoms with Crippen molar-refractivity contribution < 1.29 is 18.6 Å². The number of anilines is 1. The molecule has 9 heteroatoms. The molecule has 2 N–H and O–H groups in total. The Morgan fingerprint density at radius 2 is 1.94 bits per heavy atom. The van der Waals surface area contributed by atoms with E-state index in [0.29, 0.717) is 28.7 Å². The third-order valence-corrected chi connectivity index (χ3v) is 6.92. The number of nitrogens with one attached hydrogen (secondary N) is 1. The molecule has 2 unspecified atom stereocenters. The predicted molar refractivity (Wildman–Crippen MR) is 133 cm³/mol. The number of phenolic OH excluding ortho intramolecular Hbond substituents is 1. The van der Waals surface area contributed by atoms with Gasteiger partial charge in [0.1, 0.15) is 40.3 Å². The first-order valence-electron chi connectivity index (χ1n) is 11.9. The maximum absolute atomic E-state index is 16.2. The normalized spacial score (nSPS) is 19.1. The summed E-state index contributed by atoms with van der Waals surface area (Å²) in [6, 6.07) is 6.16. The predicted octanol–water partition coefficient (Wildman–Crippen LogP) is 4.15. The van der Waals surface area contributed by atoms with Gasteiger partial charge >= 0.3 is 0 Å². The van der Waals surface area contributed by atoms with Crippen LogP contribution in [-0.2, 0) is 0 Å². The van der Waals surface area contributed by atoms with E-state index in [0.717, 1.165) is 25.9 Å². The molecule has 0 saturated carbocycles. The van der Waals surface area contributed by atoms with Crippen molar-refractivity contribution in [2.75, 3.05) is 24.6 Å². The van der Waals surface area contributed by atoms with E-state index in [1.54, 1.807) is 6.92 Å². The van der Waals surface area contributed by atoms with Crippen LogP contribution in [0.15, 0.2) is 30.6 Å². The number of piperazine rings is 1. The maximum atomic E-state index is 16.2. The van der Waals surface area contributed by atoms with Gasteiger partial charge in [-0.2, -0.15) is 0 Å². The average Bonchev–Trinajstić information content (AvgIpc) is 3.22. The van der Waals surface area contributed by atoms with Crippen molar-refractivity contribution in [3.8, 4) is 35.2 Å². The number of benzene rings is 2. The molecule has 2 aromatic heterocycles. The summed E-state index contributed by atoms with van der Waals surface area (Å²) in [7, 11) is 0. The first-order chi connectivity index (χ1) is 17.5. The number of aromatic hydroxyl groups is 1. The van der Waals surface area contributed by atoms with Gasteiger partial charge in [0.25, 0.3) is 0 Å². The Bertz CT molecular complexity index is 1560. The van der Waals surface area contributed by atoms with Crippen LogP contribution in [0.2, 0.25) is 0 Å². The highest BCUT2D eigenvalue weighted by Crippen LogP contribution is 2.41. The Hall–Kier alpha value is -4.03. The highest BCUT2D eigenvalue weighted by Gasteiger charge is 2.34. The van der Waals surface area contributed by atoms with Gasteiger partial charge in [-0.25, -0.2) is 23.7 Å². The monoisotopic (exact) mass is 487 g/mol. The summed E-state index contributed by atoms with van der Waals surface area (Å²) >= 11 is 0. The molecule has 2 atom stereocenters. The van der Waals surface area contributed by atoms with E-state index in [1.165, 1.54) is 30.6 Å². The van der Waals surface area contributed by atoms with Crippen molar-refractivity contribution in [3.63, 3.8) is 0 Å². The van der Waals surface area contributed by atoms with E-state index >= 15 is 4.39 Å². The molecule has 7 nitrogen and oxygen atoms in total. The van der Waals surface area contributed by atoms with Gasteiger partial charge in [0.05, 0.1) is 12.2 Å². The zero-order chi connectivity index (χ0) is 25.0. The maximum Gasteiger partial charge on any atom is 0.227 e. The highest BCUT2D eigenvalue weighted by molar-refractivity contribution is 6.04. The van der Waals surface area contributed by atoms with Crippen molar-refractivity contribution in [1.29, 1.82) is 0 Å². The number of hydrogen-bond acceptors (Lipinski definition) is 7. The van der Waals surface area contributed by atoms with Crippen molar-refractivity contribution in [3.05, 3.63) is 47.8 Å². The second-order valence-electron chi connectivity index (χ2n) is 9.13. The minimum atomic E-state index is -0.727. The summed E-state index contributed by atoms with van der Waals surface area (Å²) in [4.78, 5) is 15.4. The van der Waals surface area contributed by atoms with Gasteiger partial charge < -0.3 is 20.1 Å². The number of phenols is 1. The Kier molecular flexibility index (Phi) is 5.34. The summed E-state index contributed by atoms with van der Waals surface area (Å²) in [6.07, 6.45) is 9.11. The smallest absolute Gasteiger partial charge is 0.227 e. The van der Waals surface area contributed by atoms with Gasteiger partial charge in [0.2, 0.25) is 5.88 Å². The average molecular weight is 488 g/mol. The van der Waals surface area contributed by atoms with Crippen LogP contribution in [0.4, 0.5) is 14.6 Å². The van der Waals surface area contributed by atoms with Gasteiger partial charge in [-0.1, -0.05) is 12.0 Å². The van der Waals surface area contributed by atoms with E-state index in [-0.39, 0.29) is 46.0 Å². The summed E-state index contributed by atoms with van der Waals surface area (Å²) < 4.78 is 36.7. The number of halogens is 2. The molecule has 36 heavy (non-hydrogen) atoms. The molecule has 0 spiro atoms. The third-order valence-electron chi connectivity index (χ3n) is 6.92.